The molecule has 0 spiro atoms. The molecule has 0 bridgehead atoms. The molecule has 0 saturated carbocycles. The Bertz CT molecular complexity index is 320. The van der Waals surface area contributed by atoms with Gasteiger partial charge in [0.1, 0.15) is 0 Å². The zero-order valence-corrected chi connectivity index (χ0v) is 9.95. The van der Waals surface area contributed by atoms with E-state index < -0.39 is 5.82 Å². The Balaban J connectivity index is 2.50. The third-order valence-corrected chi connectivity index (χ3v) is 2.45. The first-order valence-electron chi connectivity index (χ1n) is 4.74. The summed E-state index contributed by atoms with van der Waals surface area (Å²) in [5, 5.41) is 3.22. The molecule has 0 aromatic carbocycles. The van der Waals surface area contributed by atoms with Gasteiger partial charge in [-0.15, -0.1) is 11.6 Å². The van der Waals surface area contributed by atoms with E-state index in [0.717, 1.165) is 6.42 Å². The predicted octanol–water partition coefficient (Wildman–Crippen LogP) is 3.55. The molecule has 5 heteroatoms. The number of nitrogens with zero attached hydrogens (tertiary/aromatic N) is 1. The molecule has 0 amide bonds. The van der Waals surface area contributed by atoms with Crippen LogP contribution in [0.3, 0.4) is 0 Å². The average molecular weight is 251 g/mol. The maximum absolute atomic E-state index is 13.3. The summed E-state index contributed by atoms with van der Waals surface area (Å²) >= 11 is 11.2. The van der Waals surface area contributed by atoms with Crippen molar-refractivity contribution in [2.24, 2.45) is 5.92 Å². The minimum atomic E-state index is -0.430. The van der Waals surface area contributed by atoms with E-state index in [1.807, 2.05) is 6.92 Å². The van der Waals surface area contributed by atoms with Gasteiger partial charge in [-0.05, 0) is 18.4 Å². The zero-order valence-electron chi connectivity index (χ0n) is 8.43. The highest BCUT2D eigenvalue weighted by Crippen LogP contribution is 2.16. The summed E-state index contributed by atoms with van der Waals surface area (Å²) < 4.78 is 13.3. The van der Waals surface area contributed by atoms with Gasteiger partial charge in [0.2, 0.25) is 0 Å². The van der Waals surface area contributed by atoms with E-state index in [4.69, 9.17) is 23.2 Å². The fourth-order valence-electron chi connectivity index (χ4n) is 1.10. The molecule has 1 rings (SSSR count). The fourth-order valence-corrected chi connectivity index (χ4v) is 1.62. The van der Waals surface area contributed by atoms with Gasteiger partial charge >= 0.3 is 0 Å². The third-order valence-electron chi connectivity index (χ3n) is 2.03. The molecule has 1 unspecified atom stereocenters. The number of anilines is 1. The SMILES string of the molecule is CC(CCCl)CNc1ncc(Cl)cc1F. The number of nitrogens with one attached hydrogen (secondary N) is 1. The minimum Gasteiger partial charge on any atom is -0.367 e. The number of aromatic nitrogens is 1. The van der Waals surface area contributed by atoms with E-state index in [2.05, 4.69) is 10.3 Å². The smallest absolute Gasteiger partial charge is 0.166 e. The van der Waals surface area contributed by atoms with Gasteiger partial charge in [0.05, 0.1) is 5.02 Å². The highest BCUT2D eigenvalue weighted by Gasteiger charge is 2.06. The predicted molar refractivity (Wildman–Crippen MR) is 62.2 cm³/mol. The summed E-state index contributed by atoms with van der Waals surface area (Å²) in [6.07, 6.45) is 2.31. The molecule has 0 aliphatic heterocycles. The van der Waals surface area contributed by atoms with Crippen molar-refractivity contribution < 1.29 is 4.39 Å². The molecule has 0 radical (unpaired) electrons. The van der Waals surface area contributed by atoms with Crippen LogP contribution in [0.15, 0.2) is 12.3 Å². The van der Waals surface area contributed by atoms with Crippen molar-refractivity contribution in [2.75, 3.05) is 17.7 Å². The lowest BCUT2D eigenvalue weighted by Crippen LogP contribution is -2.13. The molecule has 2 nitrogen and oxygen atoms in total. The van der Waals surface area contributed by atoms with E-state index in [1.54, 1.807) is 0 Å². The highest BCUT2D eigenvalue weighted by molar-refractivity contribution is 6.30. The average Bonchev–Trinajstić information content (AvgIpc) is 2.17. The molecule has 1 heterocycles. The minimum absolute atomic E-state index is 0.237. The van der Waals surface area contributed by atoms with Crippen LogP contribution >= 0.6 is 23.2 Å². The van der Waals surface area contributed by atoms with E-state index >= 15 is 0 Å². The van der Waals surface area contributed by atoms with Gasteiger partial charge in [0, 0.05) is 18.6 Å². The topological polar surface area (TPSA) is 24.9 Å². The second-order valence-corrected chi connectivity index (χ2v) is 4.26. The van der Waals surface area contributed by atoms with Gasteiger partial charge in [0.25, 0.3) is 0 Å². The van der Waals surface area contributed by atoms with E-state index in [9.17, 15) is 4.39 Å². The maximum atomic E-state index is 13.3. The molecule has 0 fully saturated rings. The van der Waals surface area contributed by atoms with Crippen LogP contribution in [-0.4, -0.2) is 17.4 Å². The van der Waals surface area contributed by atoms with Crippen LogP contribution < -0.4 is 5.32 Å². The van der Waals surface area contributed by atoms with Crippen LogP contribution in [-0.2, 0) is 0 Å². The molecular formula is C10H13Cl2FN2. The summed E-state index contributed by atoms with van der Waals surface area (Å²) in [6, 6.07) is 1.24. The van der Waals surface area contributed by atoms with Gasteiger partial charge in [-0.2, -0.15) is 0 Å². The molecule has 1 N–H and O–H groups in total. The quantitative estimate of drug-likeness (QED) is 0.809. The van der Waals surface area contributed by atoms with Gasteiger partial charge in [0.15, 0.2) is 11.6 Å². The maximum Gasteiger partial charge on any atom is 0.166 e. The Kier molecular flexibility index (Phi) is 5.12. The monoisotopic (exact) mass is 250 g/mol. The van der Waals surface area contributed by atoms with Crippen molar-refractivity contribution in [2.45, 2.75) is 13.3 Å². The molecule has 15 heavy (non-hydrogen) atoms. The molecule has 1 atom stereocenters. The normalized spacial score (nSPS) is 12.5. The fraction of sp³-hybridized carbons (Fsp3) is 0.500. The number of halogens is 3. The Hall–Kier alpha value is -0.540. The molecule has 0 aliphatic rings. The third kappa shape index (κ3) is 4.22. The molecular weight excluding hydrogens is 238 g/mol. The van der Waals surface area contributed by atoms with Crippen molar-refractivity contribution in [3.8, 4) is 0 Å². The number of hydrogen-bond acceptors (Lipinski definition) is 2. The Morgan fingerprint density at radius 1 is 1.60 bits per heavy atom. The molecule has 0 saturated heterocycles. The van der Waals surface area contributed by atoms with Crippen LogP contribution in [0.5, 0.6) is 0 Å². The number of hydrogen-bond donors (Lipinski definition) is 1. The van der Waals surface area contributed by atoms with Crippen molar-refractivity contribution in [3.63, 3.8) is 0 Å². The van der Waals surface area contributed by atoms with Gasteiger partial charge in [-0.25, -0.2) is 9.37 Å². The summed E-state index contributed by atoms with van der Waals surface area (Å²) in [5.74, 6) is 0.806. The number of rotatable bonds is 5. The zero-order chi connectivity index (χ0) is 11.3. The summed E-state index contributed by atoms with van der Waals surface area (Å²) in [5.41, 5.74) is 0. The van der Waals surface area contributed by atoms with Crippen LogP contribution in [0.1, 0.15) is 13.3 Å². The lowest BCUT2D eigenvalue weighted by Gasteiger charge is -2.11. The van der Waals surface area contributed by atoms with E-state index in [0.29, 0.717) is 23.4 Å². The lowest BCUT2D eigenvalue weighted by atomic mass is 10.1. The van der Waals surface area contributed by atoms with E-state index in [1.165, 1.54) is 12.3 Å². The van der Waals surface area contributed by atoms with Crippen molar-refractivity contribution in [1.82, 2.24) is 4.98 Å². The second kappa shape index (κ2) is 6.13. The summed E-state index contributed by atoms with van der Waals surface area (Å²) in [7, 11) is 0. The van der Waals surface area contributed by atoms with E-state index in [-0.39, 0.29) is 5.82 Å². The Morgan fingerprint density at radius 2 is 2.33 bits per heavy atom. The largest absolute Gasteiger partial charge is 0.367 e. The van der Waals surface area contributed by atoms with Crippen molar-refractivity contribution in [3.05, 3.63) is 23.1 Å². The molecule has 84 valence electrons. The van der Waals surface area contributed by atoms with Gasteiger partial charge in [-0.1, -0.05) is 18.5 Å². The first kappa shape index (κ1) is 12.5. The van der Waals surface area contributed by atoms with Gasteiger partial charge < -0.3 is 5.32 Å². The molecule has 0 aliphatic carbocycles. The standard InChI is InChI=1S/C10H13Cl2FN2/c1-7(2-3-11)5-14-10-9(13)4-8(12)6-15-10/h4,6-7H,2-3,5H2,1H3,(H,14,15). The first-order chi connectivity index (χ1) is 7.13. The lowest BCUT2D eigenvalue weighted by molar-refractivity contribution is 0.585. The summed E-state index contributed by atoms with van der Waals surface area (Å²) in [4.78, 5) is 3.86. The van der Waals surface area contributed by atoms with Crippen LogP contribution in [0.2, 0.25) is 5.02 Å². The summed E-state index contributed by atoms with van der Waals surface area (Å²) in [6.45, 7) is 2.70. The second-order valence-electron chi connectivity index (χ2n) is 3.45. The van der Waals surface area contributed by atoms with Crippen LogP contribution in [0.4, 0.5) is 10.2 Å². The van der Waals surface area contributed by atoms with Crippen molar-refractivity contribution in [1.29, 1.82) is 0 Å². The van der Waals surface area contributed by atoms with Crippen molar-refractivity contribution >= 4 is 29.0 Å². The number of alkyl halides is 1. The molecule has 1 aromatic rings. The Labute approximate surface area is 98.8 Å². The highest BCUT2D eigenvalue weighted by atomic mass is 35.5. The Morgan fingerprint density at radius 3 is 2.93 bits per heavy atom. The first-order valence-corrected chi connectivity index (χ1v) is 5.65. The number of pyridine rings is 1. The molecule has 1 aromatic heterocycles. The van der Waals surface area contributed by atoms with Crippen LogP contribution in [0, 0.1) is 11.7 Å². The van der Waals surface area contributed by atoms with Crippen LogP contribution in [0.25, 0.3) is 0 Å². The van der Waals surface area contributed by atoms with Gasteiger partial charge in [-0.3, -0.25) is 0 Å².